The number of alkyl halides is 3. The number of carbonyl (C=O) groups excluding carboxylic acids is 1. The summed E-state index contributed by atoms with van der Waals surface area (Å²) in [7, 11) is 0. The number of benzene rings is 1. The predicted molar refractivity (Wildman–Crippen MR) is 89.9 cm³/mol. The van der Waals surface area contributed by atoms with Crippen LogP contribution in [0.25, 0.3) is 0 Å². The molecule has 0 fully saturated rings. The lowest BCUT2D eigenvalue weighted by Gasteiger charge is -2.32. The number of aliphatic hydroxyl groups is 1. The number of aromatic nitrogens is 1. The molecule has 0 saturated carbocycles. The molecule has 2 aromatic rings. The Morgan fingerprint density at radius 3 is 2.85 bits per heavy atom. The third-order valence-electron chi connectivity index (χ3n) is 4.32. The number of carbonyl (C=O) groups is 1. The van der Waals surface area contributed by atoms with Crippen molar-refractivity contribution in [3.8, 4) is 0 Å². The van der Waals surface area contributed by atoms with Gasteiger partial charge < -0.3 is 15.3 Å². The Morgan fingerprint density at radius 2 is 2.12 bits per heavy atom. The molecule has 8 heteroatoms. The number of nitrogens with zero attached hydrogens (tertiary/aromatic N) is 2. The molecule has 0 atom stereocenters. The first kappa shape index (κ1) is 18.2. The molecule has 138 valence electrons. The maximum Gasteiger partial charge on any atom is 0.416 e. The van der Waals surface area contributed by atoms with Gasteiger partial charge in [0, 0.05) is 31.5 Å². The summed E-state index contributed by atoms with van der Waals surface area (Å²) in [5.41, 5.74) is 1.15. The Balaban J connectivity index is 1.86. The second-order valence-corrected chi connectivity index (χ2v) is 5.99. The van der Waals surface area contributed by atoms with Crippen LogP contribution in [0, 0.1) is 0 Å². The van der Waals surface area contributed by atoms with E-state index in [1.807, 2.05) is 4.90 Å². The fraction of sp³-hybridized carbons (Fsp3) is 0.333. The Labute approximate surface area is 148 Å². The lowest BCUT2D eigenvalue weighted by Crippen LogP contribution is -2.33. The number of pyridine rings is 1. The van der Waals surface area contributed by atoms with Crippen LogP contribution in [-0.4, -0.2) is 35.7 Å². The molecule has 1 aliphatic rings. The normalized spacial score (nSPS) is 14.1. The lowest BCUT2D eigenvalue weighted by molar-refractivity contribution is -0.138. The number of fused-ring (bicyclic) bond motifs is 1. The summed E-state index contributed by atoms with van der Waals surface area (Å²) >= 11 is 0. The smallest absolute Gasteiger partial charge is 0.395 e. The van der Waals surface area contributed by atoms with Crippen LogP contribution in [0.1, 0.15) is 27.2 Å². The zero-order chi connectivity index (χ0) is 18.7. The van der Waals surface area contributed by atoms with Crippen LogP contribution in [0.3, 0.4) is 0 Å². The van der Waals surface area contributed by atoms with Crippen LogP contribution in [0.4, 0.5) is 18.9 Å². The van der Waals surface area contributed by atoms with E-state index in [9.17, 15) is 18.0 Å². The first-order valence-electron chi connectivity index (χ1n) is 8.18. The molecule has 1 aromatic heterocycles. The van der Waals surface area contributed by atoms with Gasteiger partial charge in [-0.1, -0.05) is 12.1 Å². The van der Waals surface area contributed by atoms with Gasteiger partial charge in [0.2, 0.25) is 0 Å². The van der Waals surface area contributed by atoms with Gasteiger partial charge in [-0.25, -0.2) is 0 Å². The van der Waals surface area contributed by atoms with Gasteiger partial charge in [0.15, 0.2) is 0 Å². The molecular formula is C18H18F3N3O2. The molecule has 0 aliphatic carbocycles. The van der Waals surface area contributed by atoms with Crippen LogP contribution in [0.2, 0.25) is 0 Å². The molecule has 3 rings (SSSR count). The molecule has 0 unspecified atom stereocenters. The van der Waals surface area contributed by atoms with Crippen molar-refractivity contribution in [1.29, 1.82) is 0 Å². The maximum atomic E-state index is 13.3. The van der Waals surface area contributed by atoms with E-state index in [1.54, 1.807) is 18.2 Å². The van der Waals surface area contributed by atoms with E-state index < -0.39 is 17.6 Å². The van der Waals surface area contributed by atoms with Gasteiger partial charge in [-0.15, -0.1) is 0 Å². The van der Waals surface area contributed by atoms with Gasteiger partial charge >= 0.3 is 6.18 Å². The average molecular weight is 365 g/mol. The number of amides is 1. The summed E-state index contributed by atoms with van der Waals surface area (Å²) in [6.07, 6.45) is -2.45. The van der Waals surface area contributed by atoms with E-state index >= 15 is 0 Å². The van der Waals surface area contributed by atoms with Crippen LogP contribution in [0.5, 0.6) is 0 Å². The molecule has 1 aliphatic heterocycles. The number of rotatable bonds is 4. The summed E-state index contributed by atoms with van der Waals surface area (Å²) in [5, 5.41) is 11.3. The molecule has 5 nitrogen and oxygen atoms in total. The molecule has 0 bridgehead atoms. The number of hydrogen-bond donors (Lipinski definition) is 2. The monoisotopic (exact) mass is 365 g/mol. The van der Waals surface area contributed by atoms with Crippen LogP contribution in [-0.2, 0) is 19.1 Å². The summed E-state index contributed by atoms with van der Waals surface area (Å²) in [5.74, 6) is -0.436. The van der Waals surface area contributed by atoms with E-state index in [1.165, 1.54) is 12.3 Å². The molecule has 2 N–H and O–H groups in total. The first-order valence-corrected chi connectivity index (χ1v) is 8.18. The van der Waals surface area contributed by atoms with E-state index in [0.717, 1.165) is 6.07 Å². The highest BCUT2D eigenvalue weighted by Gasteiger charge is 2.35. The number of aliphatic hydroxyl groups excluding tert-OH is 1. The van der Waals surface area contributed by atoms with Crippen molar-refractivity contribution in [2.24, 2.45) is 0 Å². The fourth-order valence-corrected chi connectivity index (χ4v) is 3.07. The molecule has 1 amide bonds. The second-order valence-electron chi connectivity index (χ2n) is 5.99. The highest BCUT2D eigenvalue weighted by atomic mass is 19.4. The maximum absolute atomic E-state index is 13.3. The molecule has 0 spiro atoms. The minimum Gasteiger partial charge on any atom is -0.395 e. The minimum atomic E-state index is -4.40. The number of halogens is 3. The molecular weight excluding hydrogens is 347 g/mol. The third kappa shape index (κ3) is 3.80. The van der Waals surface area contributed by atoms with Gasteiger partial charge in [-0.2, -0.15) is 13.2 Å². The van der Waals surface area contributed by atoms with Crippen molar-refractivity contribution in [1.82, 2.24) is 10.3 Å². The van der Waals surface area contributed by atoms with E-state index in [0.29, 0.717) is 24.2 Å². The summed E-state index contributed by atoms with van der Waals surface area (Å²) in [6.45, 7) is 0.591. The molecule has 2 heterocycles. The quantitative estimate of drug-likeness (QED) is 0.873. The van der Waals surface area contributed by atoms with Gasteiger partial charge in [0.25, 0.3) is 5.91 Å². The van der Waals surface area contributed by atoms with Crippen LogP contribution in [0.15, 0.2) is 36.5 Å². The van der Waals surface area contributed by atoms with Crippen molar-refractivity contribution in [2.45, 2.75) is 19.1 Å². The van der Waals surface area contributed by atoms with Gasteiger partial charge in [0.1, 0.15) is 5.69 Å². The average Bonchev–Trinajstić information content (AvgIpc) is 2.64. The minimum absolute atomic E-state index is 0.108. The Morgan fingerprint density at radius 1 is 1.31 bits per heavy atom. The molecule has 1 aromatic carbocycles. The Kier molecular flexibility index (Phi) is 5.13. The molecule has 26 heavy (non-hydrogen) atoms. The van der Waals surface area contributed by atoms with Crippen molar-refractivity contribution in [2.75, 3.05) is 24.6 Å². The highest BCUT2D eigenvalue weighted by molar-refractivity contribution is 5.93. The lowest BCUT2D eigenvalue weighted by atomic mass is 9.94. The summed E-state index contributed by atoms with van der Waals surface area (Å²) < 4.78 is 39.9. The predicted octanol–water partition coefficient (Wildman–Crippen LogP) is 2.39. The SMILES string of the molecule is O=C(NCCO)c1cc(N2CCc3cccc(C(F)(F)F)c3C2)ccn1. The zero-order valence-corrected chi connectivity index (χ0v) is 13.9. The van der Waals surface area contributed by atoms with E-state index in [-0.39, 0.29) is 31.0 Å². The zero-order valence-electron chi connectivity index (χ0n) is 13.9. The van der Waals surface area contributed by atoms with Crippen molar-refractivity contribution < 1.29 is 23.1 Å². The van der Waals surface area contributed by atoms with E-state index in [2.05, 4.69) is 10.3 Å². The second kappa shape index (κ2) is 7.33. The Bertz CT molecular complexity index is 809. The van der Waals surface area contributed by atoms with Crippen molar-refractivity contribution in [3.05, 3.63) is 58.9 Å². The standard InChI is InChI=1S/C18H18F3N3O2/c19-18(20,21)15-3-1-2-12-5-8-24(11-14(12)15)13-4-6-22-16(10-13)17(26)23-7-9-25/h1-4,6,10,25H,5,7-9,11H2,(H,23,26). The molecule has 0 radical (unpaired) electrons. The van der Waals surface area contributed by atoms with Crippen LogP contribution < -0.4 is 10.2 Å². The molecule has 0 saturated heterocycles. The number of anilines is 1. The number of nitrogens with one attached hydrogen (secondary N) is 1. The van der Waals surface area contributed by atoms with Crippen molar-refractivity contribution >= 4 is 11.6 Å². The van der Waals surface area contributed by atoms with Gasteiger partial charge in [0.05, 0.1) is 12.2 Å². The Hall–Kier alpha value is -2.61. The fourth-order valence-electron chi connectivity index (χ4n) is 3.07. The topological polar surface area (TPSA) is 65.5 Å². The third-order valence-corrected chi connectivity index (χ3v) is 4.32. The summed E-state index contributed by atoms with van der Waals surface area (Å²) in [4.78, 5) is 17.8. The number of hydrogen-bond acceptors (Lipinski definition) is 4. The first-order chi connectivity index (χ1) is 12.4. The highest BCUT2D eigenvalue weighted by Crippen LogP contribution is 2.36. The van der Waals surface area contributed by atoms with Gasteiger partial charge in [-0.3, -0.25) is 9.78 Å². The van der Waals surface area contributed by atoms with Gasteiger partial charge in [-0.05, 0) is 35.7 Å². The van der Waals surface area contributed by atoms with E-state index in [4.69, 9.17) is 5.11 Å². The largest absolute Gasteiger partial charge is 0.416 e. The summed E-state index contributed by atoms with van der Waals surface area (Å²) in [6, 6.07) is 7.48. The van der Waals surface area contributed by atoms with Crippen LogP contribution >= 0.6 is 0 Å². The van der Waals surface area contributed by atoms with Crippen molar-refractivity contribution in [3.63, 3.8) is 0 Å².